The van der Waals surface area contributed by atoms with Crippen molar-refractivity contribution in [2.45, 2.75) is 44.6 Å². The topological polar surface area (TPSA) is 108 Å². The minimum atomic E-state index is -0.784. The van der Waals surface area contributed by atoms with Gasteiger partial charge in [0.2, 0.25) is 5.91 Å². The van der Waals surface area contributed by atoms with Crippen molar-refractivity contribution in [1.29, 1.82) is 5.41 Å². The van der Waals surface area contributed by atoms with Crippen molar-refractivity contribution >= 4 is 17.6 Å². The molecular formula is C27H32N4O2. The van der Waals surface area contributed by atoms with Gasteiger partial charge in [-0.25, -0.2) is 0 Å². The van der Waals surface area contributed by atoms with Crippen LogP contribution in [-0.4, -0.2) is 24.2 Å². The van der Waals surface area contributed by atoms with E-state index in [-0.39, 0.29) is 23.1 Å². The summed E-state index contributed by atoms with van der Waals surface area (Å²) in [6, 6.07) is 15.2. The predicted octanol–water partition coefficient (Wildman–Crippen LogP) is 3.77. The molecule has 2 aromatic carbocycles. The Balaban J connectivity index is 1.31. The summed E-state index contributed by atoms with van der Waals surface area (Å²) in [6.07, 6.45) is 7.78. The molecule has 6 heteroatoms. The first kappa shape index (κ1) is 21.7. The summed E-state index contributed by atoms with van der Waals surface area (Å²) in [7, 11) is 0. The number of hydrogen-bond acceptors (Lipinski definition) is 3. The average Bonchev–Trinajstić information content (AvgIpc) is 2.80. The van der Waals surface area contributed by atoms with Gasteiger partial charge in [0.25, 0.3) is 5.91 Å². The third-order valence-corrected chi connectivity index (χ3v) is 7.91. The smallest absolute Gasteiger partial charge is 0.252 e. The number of amides is 2. The Labute approximate surface area is 194 Å². The van der Waals surface area contributed by atoms with Gasteiger partial charge in [0.05, 0.1) is 0 Å². The normalized spacial score (nSPS) is 28.2. The van der Waals surface area contributed by atoms with Crippen molar-refractivity contribution in [3.05, 3.63) is 71.3 Å². The van der Waals surface area contributed by atoms with Gasteiger partial charge >= 0.3 is 0 Å². The lowest BCUT2D eigenvalue weighted by atomic mass is 9.49. The van der Waals surface area contributed by atoms with Gasteiger partial charge in [-0.2, -0.15) is 0 Å². The van der Waals surface area contributed by atoms with E-state index in [0.717, 1.165) is 23.3 Å². The van der Waals surface area contributed by atoms with Crippen LogP contribution in [0, 0.1) is 28.6 Å². The summed E-state index contributed by atoms with van der Waals surface area (Å²) in [6.45, 7) is 0.689. The number of nitrogens with two attached hydrogens (primary N) is 1. The molecule has 0 unspecified atom stereocenters. The minimum Gasteiger partial charge on any atom is -0.384 e. The molecule has 4 bridgehead atoms. The second kappa shape index (κ2) is 8.65. The second-order valence-electron chi connectivity index (χ2n) is 10.4. The van der Waals surface area contributed by atoms with Crippen LogP contribution in [0.3, 0.4) is 0 Å². The van der Waals surface area contributed by atoms with E-state index in [1.807, 2.05) is 30.3 Å². The summed E-state index contributed by atoms with van der Waals surface area (Å²) in [4.78, 5) is 26.4. The maximum atomic E-state index is 13.4. The number of amidine groups is 1. The second-order valence-corrected chi connectivity index (χ2v) is 10.4. The Kier molecular flexibility index (Phi) is 5.69. The van der Waals surface area contributed by atoms with Crippen LogP contribution in [-0.2, 0) is 4.79 Å². The Morgan fingerprint density at radius 3 is 2.15 bits per heavy atom. The van der Waals surface area contributed by atoms with E-state index >= 15 is 0 Å². The van der Waals surface area contributed by atoms with Crippen molar-refractivity contribution in [3.63, 3.8) is 0 Å². The summed E-state index contributed by atoms with van der Waals surface area (Å²) in [5.41, 5.74) is 7.40. The first-order valence-electron chi connectivity index (χ1n) is 12.0. The molecule has 2 amide bonds. The van der Waals surface area contributed by atoms with Crippen LogP contribution in [0.15, 0.2) is 54.6 Å². The molecule has 6 nitrogen and oxygen atoms in total. The molecule has 4 aliphatic rings. The number of benzene rings is 2. The number of hydrogen-bond donors (Lipinski definition) is 4. The fourth-order valence-corrected chi connectivity index (χ4v) is 6.87. The number of carbonyl (C=O) groups excluding carboxylic acids is 2. The van der Waals surface area contributed by atoms with Gasteiger partial charge in [0.1, 0.15) is 11.9 Å². The molecule has 33 heavy (non-hydrogen) atoms. The number of rotatable bonds is 7. The van der Waals surface area contributed by atoms with E-state index in [2.05, 4.69) is 10.6 Å². The highest BCUT2D eigenvalue weighted by Gasteiger charge is 2.50. The van der Waals surface area contributed by atoms with Gasteiger partial charge in [0, 0.05) is 17.7 Å². The van der Waals surface area contributed by atoms with Gasteiger partial charge in [-0.05, 0) is 79.4 Å². The Morgan fingerprint density at radius 2 is 1.55 bits per heavy atom. The molecule has 1 atom stereocenters. The zero-order valence-corrected chi connectivity index (χ0v) is 18.8. The van der Waals surface area contributed by atoms with Gasteiger partial charge in [-0.15, -0.1) is 0 Å². The molecule has 0 heterocycles. The van der Waals surface area contributed by atoms with Gasteiger partial charge in [-0.1, -0.05) is 42.5 Å². The van der Waals surface area contributed by atoms with Crippen LogP contribution in [0.4, 0.5) is 0 Å². The summed E-state index contributed by atoms with van der Waals surface area (Å²) in [5.74, 6) is 1.84. The van der Waals surface area contributed by atoms with E-state index in [1.54, 1.807) is 24.3 Å². The SMILES string of the molecule is N=C(N)c1cccc(C(=O)N[C@@H](C(=O)NCC23CC4CC(CC(C4)C2)C3)c2ccccc2)c1. The van der Waals surface area contributed by atoms with E-state index in [0.29, 0.717) is 17.7 Å². The molecule has 0 saturated heterocycles. The van der Waals surface area contributed by atoms with Crippen molar-refractivity contribution in [2.24, 2.45) is 28.9 Å². The van der Waals surface area contributed by atoms with E-state index < -0.39 is 6.04 Å². The van der Waals surface area contributed by atoms with Crippen molar-refractivity contribution in [1.82, 2.24) is 10.6 Å². The minimum absolute atomic E-state index is 0.0995. The molecular weight excluding hydrogens is 412 g/mol. The fraction of sp³-hybridized carbons (Fsp3) is 0.444. The van der Waals surface area contributed by atoms with Crippen LogP contribution in [0.5, 0.6) is 0 Å². The maximum absolute atomic E-state index is 13.4. The van der Waals surface area contributed by atoms with Crippen molar-refractivity contribution in [3.8, 4) is 0 Å². The van der Waals surface area contributed by atoms with E-state index in [9.17, 15) is 9.59 Å². The summed E-state index contributed by atoms with van der Waals surface area (Å²) in [5, 5.41) is 13.8. The Bertz CT molecular complexity index is 1030. The quantitative estimate of drug-likeness (QED) is 0.385. The lowest BCUT2D eigenvalue weighted by Gasteiger charge is -2.57. The molecule has 4 aliphatic carbocycles. The molecule has 172 valence electrons. The van der Waals surface area contributed by atoms with Crippen LogP contribution in [0.1, 0.15) is 66.1 Å². The highest BCUT2D eigenvalue weighted by atomic mass is 16.2. The summed E-state index contributed by atoms with van der Waals surface area (Å²) < 4.78 is 0. The van der Waals surface area contributed by atoms with Gasteiger partial charge < -0.3 is 16.4 Å². The molecule has 0 radical (unpaired) electrons. The van der Waals surface area contributed by atoms with Gasteiger partial charge in [-0.3, -0.25) is 15.0 Å². The molecule has 0 aromatic heterocycles. The molecule has 5 N–H and O–H groups in total. The molecule has 0 aliphatic heterocycles. The lowest BCUT2D eigenvalue weighted by molar-refractivity contribution is -0.125. The molecule has 2 aromatic rings. The van der Waals surface area contributed by atoms with E-state index in [1.165, 1.54) is 38.5 Å². The molecule has 4 fully saturated rings. The third-order valence-electron chi connectivity index (χ3n) is 7.91. The first-order chi connectivity index (χ1) is 15.9. The maximum Gasteiger partial charge on any atom is 0.252 e. The monoisotopic (exact) mass is 444 g/mol. The standard InChI is InChI=1S/C27H32N4O2/c28-24(29)21-7-4-8-22(12-21)25(32)31-23(20-5-2-1-3-6-20)26(33)30-16-27-13-17-9-18(14-27)11-19(10-17)15-27/h1-8,12,17-19,23H,9-11,13-16H2,(H3,28,29)(H,30,33)(H,31,32)/t17?,18?,19?,23-,27?/m1/s1. The van der Waals surface area contributed by atoms with Crippen molar-refractivity contribution < 1.29 is 9.59 Å². The molecule has 4 saturated carbocycles. The van der Waals surface area contributed by atoms with Gasteiger partial charge in [0.15, 0.2) is 0 Å². The van der Waals surface area contributed by atoms with Crippen LogP contribution in [0.2, 0.25) is 0 Å². The fourth-order valence-electron chi connectivity index (χ4n) is 6.87. The zero-order chi connectivity index (χ0) is 23.0. The van der Waals surface area contributed by atoms with Crippen LogP contribution < -0.4 is 16.4 Å². The number of carbonyl (C=O) groups is 2. The van der Waals surface area contributed by atoms with Crippen molar-refractivity contribution in [2.75, 3.05) is 6.54 Å². The predicted molar refractivity (Wildman–Crippen MR) is 128 cm³/mol. The lowest BCUT2D eigenvalue weighted by Crippen LogP contribution is -2.52. The largest absolute Gasteiger partial charge is 0.384 e. The molecule has 0 spiro atoms. The third kappa shape index (κ3) is 4.52. The number of nitrogens with one attached hydrogen (secondary N) is 3. The Morgan fingerprint density at radius 1 is 0.939 bits per heavy atom. The zero-order valence-electron chi connectivity index (χ0n) is 18.8. The number of nitrogen functional groups attached to an aromatic ring is 1. The highest BCUT2D eigenvalue weighted by molar-refractivity contribution is 6.01. The average molecular weight is 445 g/mol. The Hall–Kier alpha value is -3.15. The summed E-state index contributed by atoms with van der Waals surface area (Å²) >= 11 is 0. The van der Waals surface area contributed by atoms with E-state index in [4.69, 9.17) is 11.1 Å². The van der Waals surface area contributed by atoms with Crippen LogP contribution in [0.25, 0.3) is 0 Å². The molecule has 6 rings (SSSR count). The highest BCUT2D eigenvalue weighted by Crippen LogP contribution is 2.59. The first-order valence-corrected chi connectivity index (χ1v) is 12.0. The van der Waals surface area contributed by atoms with Crippen LogP contribution >= 0.6 is 0 Å².